The summed E-state index contributed by atoms with van der Waals surface area (Å²) < 4.78 is 0. The van der Waals surface area contributed by atoms with Crippen molar-refractivity contribution >= 4 is 0 Å². The molecular weight excluding hydrogens is 336 g/mol. The molecular formula is C28H30. The summed E-state index contributed by atoms with van der Waals surface area (Å²) in [5.41, 5.74) is 15.1. The zero-order valence-electron chi connectivity index (χ0n) is 18.0. The van der Waals surface area contributed by atoms with E-state index in [9.17, 15) is 0 Å². The van der Waals surface area contributed by atoms with E-state index in [0.717, 1.165) is 12.8 Å². The van der Waals surface area contributed by atoms with Crippen molar-refractivity contribution in [3.05, 3.63) is 81.9 Å². The zero-order valence-corrected chi connectivity index (χ0v) is 18.0. The second kappa shape index (κ2) is 5.60. The summed E-state index contributed by atoms with van der Waals surface area (Å²) in [6.45, 7) is 13.8. The molecule has 0 bridgehead atoms. The average Bonchev–Trinajstić information content (AvgIpc) is 3.14. The minimum Gasteiger partial charge on any atom is -0.0579 e. The molecule has 0 unspecified atom stereocenters. The molecule has 0 saturated carbocycles. The van der Waals surface area contributed by atoms with Gasteiger partial charge in [0.2, 0.25) is 0 Å². The third kappa shape index (κ3) is 2.65. The third-order valence-corrected chi connectivity index (χ3v) is 6.61. The molecule has 2 aliphatic rings. The van der Waals surface area contributed by atoms with E-state index in [0.29, 0.717) is 0 Å². The molecule has 0 nitrogen and oxygen atoms in total. The highest BCUT2D eigenvalue weighted by atomic mass is 14.3. The van der Waals surface area contributed by atoms with Crippen LogP contribution in [0.4, 0.5) is 0 Å². The summed E-state index contributed by atoms with van der Waals surface area (Å²) in [6.07, 6.45) is 2.13. The van der Waals surface area contributed by atoms with Gasteiger partial charge in [-0.15, -0.1) is 0 Å². The molecule has 0 saturated heterocycles. The monoisotopic (exact) mass is 366 g/mol. The molecule has 3 aromatic carbocycles. The fourth-order valence-corrected chi connectivity index (χ4v) is 4.83. The molecule has 0 N–H and O–H groups in total. The Morgan fingerprint density at radius 2 is 0.821 bits per heavy atom. The van der Waals surface area contributed by atoms with E-state index in [-0.39, 0.29) is 10.8 Å². The molecule has 0 amide bonds. The summed E-state index contributed by atoms with van der Waals surface area (Å²) in [6, 6.07) is 19.2. The average molecular weight is 367 g/mol. The largest absolute Gasteiger partial charge is 0.0579 e. The molecule has 2 aliphatic carbocycles. The van der Waals surface area contributed by atoms with Gasteiger partial charge >= 0.3 is 0 Å². The Hall–Kier alpha value is -2.34. The normalized spacial score (nSPS) is 14.5. The van der Waals surface area contributed by atoms with Crippen LogP contribution in [0.1, 0.15) is 74.9 Å². The quantitative estimate of drug-likeness (QED) is 0.267. The molecule has 0 heterocycles. The van der Waals surface area contributed by atoms with Crippen molar-refractivity contribution in [2.45, 2.75) is 65.2 Å². The lowest BCUT2D eigenvalue weighted by atomic mass is 9.85. The van der Waals surface area contributed by atoms with Gasteiger partial charge in [0.05, 0.1) is 0 Å². The van der Waals surface area contributed by atoms with Crippen LogP contribution in [-0.2, 0) is 23.7 Å². The van der Waals surface area contributed by atoms with Crippen molar-refractivity contribution in [2.75, 3.05) is 0 Å². The van der Waals surface area contributed by atoms with Gasteiger partial charge in [-0.05, 0) is 91.4 Å². The summed E-state index contributed by atoms with van der Waals surface area (Å²) in [5.74, 6) is 0. The first-order valence-corrected chi connectivity index (χ1v) is 10.5. The minimum atomic E-state index is 0.204. The summed E-state index contributed by atoms with van der Waals surface area (Å²) >= 11 is 0. The van der Waals surface area contributed by atoms with E-state index >= 15 is 0 Å². The van der Waals surface area contributed by atoms with Crippen molar-refractivity contribution < 1.29 is 0 Å². The Balaban J connectivity index is 1.57. The maximum absolute atomic E-state index is 2.48. The highest BCUT2D eigenvalue weighted by Gasteiger charge is 2.27. The first-order chi connectivity index (χ1) is 13.1. The Morgan fingerprint density at radius 3 is 1.18 bits per heavy atom. The van der Waals surface area contributed by atoms with Crippen LogP contribution in [0.15, 0.2) is 48.5 Å². The van der Waals surface area contributed by atoms with E-state index in [1.54, 1.807) is 0 Å². The predicted octanol–water partition coefficient (Wildman–Crippen LogP) is 7.42. The molecule has 0 atom stereocenters. The molecule has 28 heavy (non-hydrogen) atoms. The number of hydrogen-bond donors (Lipinski definition) is 0. The molecule has 0 radical (unpaired) electrons. The van der Waals surface area contributed by atoms with E-state index in [4.69, 9.17) is 0 Å². The highest BCUT2D eigenvalue weighted by molar-refractivity contribution is 5.85. The third-order valence-electron chi connectivity index (χ3n) is 6.61. The van der Waals surface area contributed by atoms with Crippen LogP contribution in [0.2, 0.25) is 0 Å². The molecule has 3 aromatic rings. The molecule has 0 aromatic heterocycles. The number of benzene rings is 3. The van der Waals surface area contributed by atoms with Gasteiger partial charge in [-0.3, -0.25) is 0 Å². The van der Waals surface area contributed by atoms with Crippen molar-refractivity contribution in [1.29, 1.82) is 0 Å². The lowest BCUT2D eigenvalue weighted by Crippen LogP contribution is -2.11. The van der Waals surface area contributed by atoms with Crippen molar-refractivity contribution in [2.24, 2.45) is 0 Å². The van der Waals surface area contributed by atoms with Gasteiger partial charge in [0.15, 0.2) is 0 Å². The van der Waals surface area contributed by atoms with Crippen LogP contribution in [0.3, 0.4) is 0 Å². The lowest BCUT2D eigenvalue weighted by Gasteiger charge is -2.20. The second-order valence-corrected chi connectivity index (χ2v) is 10.8. The summed E-state index contributed by atoms with van der Waals surface area (Å²) in [4.78, 5) is 0. The van der Waals surface area contributed by atoms with Gasteiger partial charge in [-0.1, -0.05) is 77.9 Å². The van der Waals surface area contributed by atoms with Crippen LogP contribution >= 0.6 is 0 Å². The molecule has 0 heteroatoms. The first kappa shape index (κ1) is 17.7. The Labute approximate surface area is 169 Å². The summed E-state index contributed by atoms with van der Waals surface area (Å²) in [5, 5.41) is 0. The van der Waals surface area contributed by atoms with Crippen LogP contribution in [0, 0.1) is 0 Å². The van der Waals surface area contributed by atoms with E-state index in [2.05, 4.69) is 90.1 Å². The maximum atomic E-state index is 2.48. The van der Waals surface area contributed by atoms with Gasteiger partial charge in [0.25, 0.3) is 0 Å². The van der Waals surface area contributed by atoms with Crippen LogP contribution in [0.25, 0.3) is 22.3 Å². The Morgan fingerprint density at radius 1 is 0.464 bits per heavy atom. The molecule has 142 valence electrons. The van der Waals surface area contributed by atoms with Crippen molar-refractivity contribution in [3.8, 4) is 22.3 Å². The molecule has 0 fully saturated rings. The number of fused-ring (bicyclic) bond motifs is 6. The van der Waals surface area contributed by atoms with Gasteiger partial charge in [0.1, 0.15) is 0 Å². The first-order valence-electron chi connectivity index (χ1n) is 10.5. The predicted molar refractivity (Wildman–Crippen MR) is 120 cm³/mol. The summed E-state index contributed by atoms with van der Waals surface area (Å²) in [7, 11) is 0. The van der Waals surface area contributed by atoms with Gasteiger partial charge in [-0.25, -0.2) is 0 Å². The minimum absolute atomic E-state index is 0.204. The smallest absolute Gasteiger partial charge is 0.00131 e. The standard InChI is InChI=1S/C28H30/c1-27(2,3)21-7-9-23-17(13-21)11-19-15-26-20(16-25(19)23)12-18-14-22(28(4,5)6)8-10-24(18)26/h7-10,13-16H,11-12H2,1-6H3. The van der Waals surface area contributed by atoms with E-state index < -0.39 is 0 Å². The fraction of sp³-hybridized carbons (Fsp3) is 0.357. The second-order valence-electron chi connectivity index (χ2n) is 10.8. The van der Waals surface area contributed by atoms with E-state index in [1.807, 2.05) is 0 Å². The highest BCUT2D eigenvalue weighted by Crippen LogP contribution is 2.46. The van der Waals surface area contributed by atoms with Crippen LogP contribution in [0.5, 0.6) is 0 Å². The molecule has 0 aliphatic heterocycles. The maximum Gasteiger partial charge on any atom is -0.00131 e. The molecule has 0 spiro atoms. The SMILES string of the molecule is CC(C)(C)c1ccc2c(c1)Cc1cc3c(cc1-2)Cc1cc(C(C)(C)C)ccc1-3. The molecule has 5 rings (SSSR count). The van der Waals surface area contributed by atoms with Gasteiger partial charge < -0.3 is 0 Å². The lowest BCUT2D eigenvalue weighted by molar-refractivity contribution is 0.589. The van der Waals surface area contributed by atoms with Gasteiger partial charge in [-0.2, -0.15) is 0 Å². The Bertz CT molecular complexity index is 1020. The van der Waals surface area contributed by atoms with Crippen LogP contribution in [-0.4, -0.2) is 0 Å². The number of rotatable bonds is 0. The van der Waals surface area contributed by atoms with E-state index in [1.165, 1.54) is 55.6 Å². The Kier molecular flexibility index (Phi) is 3.55. The number of hydrogen-bond acceptors (Lipinski definition) is 0. The van der Waals surface area contributed by atoms with Gasteiger partial charge in [0, 0.05) is 0 Å². The van der Waals surface area contributed by atoms with Crippen molar-refractivity contribution in [1.82, 2.24) is 0 Å². The fourth-order valence-electron chi connectivity index (χ4n) is 4.83. The van der Waals surface area contributed by atoms with Crippen LogP contribution < -0.4 is 0 Å². The topological polar surface area (TPSA) is 0 Å². The van der Waals surface area contributed by atoms with Crippen molar-refractivity contribution in [3.63, 3.8) is 0 Å². The zero-order chi connectivity index (χ0) is 19.8.